The topological polar surface area (TPSA) is 44.8 Å². The Bertz CT molecular complexity index is 1070. The molecule has 0 atom stereocenters. The van der Waals surface area contributed by atoms with Gasteiger partial charge < -0.3 is 14.2 Å². The van der Waals surface area contributed by atoms with Crippen LogP contribution in [0.3, 0.4) is 0 Å². The van der Waals surface area contributed by atoms with E-state index < -0.39 is 0 Å². The van der Waals surface area contributed by atoms with Crippen LogP contribution in [-0.2, 0) is 22.4 Å². The smallest absolute Gasteiger partial charge is 0.308 e. The average Bonchev–Trinajstić information content (AvgIpc) is 2.84. The number of aryl methyl sites for hydroxylation is 2. The molecule has 0 bridgehead atoms. The minimum atomic E-state index is -0.303. The largest absolute Gasteiger partial charge is 0.452 e. The molecular weight excluding hydrogens is 456 g/mol. The number of hydrogen-bond acceptors (Lipinski definition) is 5. The van der Waals surface area contributed by atoms with E-state index >= 15 is 0 Å². The van der Waals surface area contributed by atoms with Crippen LogP contribution in [0.15, 0.2) is 61.1 Å². The van der Waals surface area contributed by atoms with Gasteiger partial charge in [-0.3, -0.25) is 4.79 Å². The molecule has 0 N–H and O–H groups in total. The van der Waals surface area contributed by atoms with Crippen molar-refractivity contribution in [3.63, 3.8) is 0 Å². The maximum Gasteiger partial charge on any atom is 0.308 e. The second kappa shape index (κ2) is 17.2. The second-order valence-electron chi connectivity index (χ2n) is 7.85. The van der Waals surface area contributed by atoms with Crippen LogP contribution in [0.5, 0.6) is 11.5 Å². The fourth-order valence-electron chi connectivity index (χ4n) is 3.38. The number of unbranched alkanes of at least 4 members (excludes halogenated alkanes) is 4. The van der Waals surface area contributed by atoms with Gasteiger partial charge in [0.1, 0.15) is 11.5 Å². The number of hydrogen-bond donors (Lipinski definition) is 1. The number of para-hydroxylation sites is 2. The van der Waals surface area contributed by atoms with Crippen molar-refractivity contribution in [3.05, 3.63) is 72.2 Å². The van der Waals surface area contributed by atoms with Gasteiger partial charge in [0.25, 0.3) is 5.95 Å². The first-order valence-electron chi connectivity index (χ1n) is 12.0. The third-order valence-corrected chi connectivity index (χ3v) is 5.21. The summed E-state index contributed by atoms with van der Waals surface area (Å²) in [6, 6.07) is 15.6. The Kier molecular flexibility index (Phi) is 13.7. The summed E-state index contributed by atoms with van der Waals surface area (Å²) >= 11 is 4.09. The number of carbonyl (C=O) groups is 1. The van der Waals surface area contributed by atoms with Gasteiger partial charge in [-0.05, 0) is 68.4 Å². The van der Waals surface area contributed by atoms with E-state index in [2.05, 4.69) is 49.0 Å². The normalized spacial score (nSPS) is 9.77. The van der Waals surface area contributed by atoms with Gasteiger partial charge in [-0.1, -0.05) is 54.2 Å². The van der Waals surface area contributed by atoms with Gasteiger partial charge in [0.05, 0.1) is 5.75 Å². The van der Waals surface area contributed by atoms with Crippen molar-refractivity contribution in [2.24, 2.45) is 0 Å². The molecule has 0 spiro atoms. The van der Waals surface area contributed by atoms with Gasteiger partial charge >= 0.3 is 5.97 Å². The van der Waals surface area contributed by atoms with E-state index in [1.165, 1.54) is 6.92 Å². The van der Waals surface area contributed by atoms with Gasteiger partial charge in [-0.25, -0.2) is 0 Å². The first-order valence-corrected chi connectivity index (χ1v) is 12.6. The molecule has 0 fully saturated rings. The molecule has 35 heavy (non-hydrogen) atoms. The lowest BCUT2D eigenvalue weighted by molar-refractivity contribution is -0.131. The van der Waals surface area contributed by atoms with Gasteiger partial charge in [0.2, 0.25) is 0 Å². The lowest BCUT2D eigenvalue weighted by Gasteiger charge is -2.12. The zero-order chi connectivity index (χ0) is 25.1. The molecule has 2 aromatic rings. The molecule has 2 aromatic carbocycles. The SMILES string of the molecule is C=C(OCC#CCCCCc1ccccc1OC(C)=O)Oc1ccccc1CCCCC#CCS. The Hall–Kier alpha value is -3.28. The summed E-state index contributed by atoms with van der Waals surface area (Å²) in [5.41, 5.74) is 2.16. The number of thiol groups is 1. The van der Waals surface area contributed by atoms with Crippen LogP contribution in [0.4, 0.5) is 0 Å². The monoisotopic (exact) mass is 490 g/mol. The third-order valence-electron chi connectivity index (χ3n) is 5.05. The van der Waals surface area contributed by atoms with Gasteiger partial charge in [0, 0.05) is 19.8 Å². The van der Waals surface area contributed by atoms with Crippen LogP contribution in [-0.4, -0.2) is 18.3 Å². The highest BCUT2D eigenvalue weighted by molar-refractivity contribution is 7.80. The molecule has 2 rings (SSSR count). The van der Waals surface area contributed by atoms with Crippen LogP contribution in [0.2, 0.25) is 0 Å². The molecule has 0 saturated heterocycles. The third kappa shape index (κ3) is 12.1. The molecule has 0 aromatic heterocycles. The van der Waals surface area contributed by atoms with Gasteiger partial charge in [-0.15, -0.1) is 5.92 Å². The van der Waals surface area contributed by atoms with Crippen molar-refractivity contribution in [2.45, 2.75) is 58.3 Å². The highest BCUT2D eigenvalue weighted by Gasteiger charge is 2.06. The number of esters is 1. The van der Waals surface area contributed by atoms with E-state index in [4.69, 9.17) is 14.2 Å². The summed E-state index contributed by atoms with van der Waals surface area (Å²) in [4.78, 5) is 11.2. The van der Waals surface area contributed by atoms with Crippen LogP contribution in [0.25, 0.3) is 0 Å². The van der Waals surface area contributed by atoms with Crippen LogP contribution in [0, 0.1) is 23.7 Å². The predicted octanol–water partition coefficient (Wildman–Crippen LogP) is 6.54. The Morgan fingerprint density at radius 1 is 0.800 bits per heavy atom. The zero-order valence-electron chi connectivity index (χ0n) is 20.5. The first kappa shape index (κ1) is 28.0. The summed E-state index contributed by atoms with van der Waals surface area (Å²) in [5, 5.41) is 0. The fourth-order valence-corrected chi connectivity index (χ4v) is 3.50. The van der Waals surface area contributed by atoms with Crippen LogP contribution in [0.1, 0.15) is 56.6 Å². The molecule has 0 radical (unpaired) electrons. The van der Waals surface area contributed by atoms with Gasteiger partial charge in [0.15, 0.2) is 6.61 Å². The standard InChI is InChI=1S/C30H34O4S/c1-25(31)33-29-21-13-11-19-27(29)17-9-5-3-7-15-23-32-26(2)34-30-22-14-12-20-28(30)18-10-6-4-8-16-24-35/h11-14,19-22,35H,2-6,9-10,17-18,23-24H2,1H3. The van der Waals surface area contributed by atoms with E-state index in [9.17, 15) is 4.79 Å². The minimum Gasteiger partial charge on any atom is -0.452 e. The molecule has 0 aliphatic heterocycles. The van der Waals surface area contributed by atoms with Crippen LogP contribution < -0.4 is 9.47 Å². The number of carbonyl (C=O) groups excluding carboxylic acids is 1. The maximum atomic E-state index is 11.2. The Morgan fingerprint density at radius 2 is 1.34 bits per heavy atom. The highest BCUT2D eigenvalue weighted by Crippen LogP contribution is 2.23. The summed E-state index contributed by atoms with van der Waals surface area (Å²) in [7, 11) is 0. The fraction of sp³-hybridized carbons (Fsp3) is 0.367. The summed E-state index contributed by atoms with van der Waals surface area (Å²) in [6.45, 7) is 5.51. The van der Waals surface area contributed by atoms with E-state index in [0.717, 1.165) is 68.2 Å². The molecule has 0 saturated carbocycles. The van der Waals surface area contributed by atoms with Crippen molar-refractivity contribution in [3.8, 4) is 35.2 Å². The zero-order valence-corrected chi connectivity index (χ0v) is 21.4. The number of ether oxygens (including phenoxy) is 3. The van der Waals surface area contributed by atoms with E-state index in [1.807, 2.05) is 42.5 Å². The quantitative estimate of drug-likeness (QED) is 0.0865. The first-order chi connectivity index (χ1) is 17.1. The minimum absolute atomic E-state index is 0.236. The number of rotatable bonds is 13. The van der Waals surface area contributed by atoms with Crippen LogP contribution >= 0.6 is 12.6 Å². The lowest BCUT2D eigenvalue weighted by Crippen LogP contribution is -2.03. The Balaban J connectivity index is 1.65. The Labute approximate surface area is 215 Å². The van der Waals surface area contributed by atoms with Crippen molar-refractivity contribution < 1.29 is 19.0 Å². The van der Waals surface area contributed by atoms with Gasteiger partial charge in [-0.2, -0.15) is 12.6 Å². The second-order valence-corrected chi connectivity index (χ2v) is 8.17. The molecule has 5 heteroatoms. The predicted molar refractivity (Wildman–Crippen MR) is 144 cm³/mol. The molecule has 0 aliphatic rings. The van der Waals surface area contributed by atoms with Crippen molar-refractivity contribution in [2.75, 3.05) is 12.4 Å². The summed E-state index contributed by atoms with van der Waals surface area (Å²) in [6.07, 6.45) is 7.41. The molecular formula is C30H34O4S. The summed E-state index contributed by atoms with van der Waals surface area (Å²) in [5.74, 6) is 14.2. The van der Waals surface area contributed by atoms with Crippen molar-refractivity contribution >= 4 is 18.6 Å². The molecule has 0 unspecified atom stereocenters. The molecule has 0 aliphatic carbocycles. The highest BCUT2D eigenvalue weighted by atomic mass is 32.1. The van der Waals surface area contributed by atoms with E-state index in [1.54, 1.807) is 0 Å². The molecule has 0 amide bonds. The lowest BCUT2D eigenvalue weighted by atomic mass is 10.1. The van der Waals surface area contributed by atoms with Crippen molar-refractivity contribution in [1.82, 2.24) is 0 Å². The van der Waals surface area contributed by atoms with E-state index in [0.29, 0.717) is 11.5 Å². The molecule has 0 heterocycles. The molecule has 184 valence electrons. The van der Waals surface area contributed by atoms with Crippen molar-refractivity contribution in [1.29, 1.82) is 0 Å². The maximum absolute atomic E-state index is 11.2. The Morgan fingerprint density at radius 3 is 1.91 bits per heavy atom. The number of benzene rings is 2. The summed E-state index contributed by atoms with van der Waals surface area (Å²) < 4.78 is 16.6. The van der Waals surface area contributed by atoms with E-state index in [-0.39, 0.29) is 18.5 Å². The average molecular weight is 491 g/mol. The molecule has 4 nitrogen and oxygen atoms in total.